The predicted octanol–water partition coefficient (Wildman–Crippen LogP) is 3.17. The lowest BCUT2D eigenvalue weighted by molar-refractivity contribution is 0.223. The number of hydrogen-bond acceptors (Lipinski definition) is 2. The molecule has 0 aliphatic carbocycles. The first kappa shape index (κ1) is 12.2. The van der Waals surface area contributed by atoms with E-state index in [1.165, 1.54) is 5.56 Å². The van der Waals surface area contributed by atoms with Gasteiger partial charge in [0.1, 0.15) is 0 Å². The van der Waals surface area contributed by atoms with E-state index in [0.29, 0.717) is 11.6 Å². The first-order valence-corrected chi connectivity index (χ1v) is 6.35. The number of alkyl halides is 1. The summed E-state index contributed by atoms with van der Waals surface area (Å²) in [5.74, 6) is 1.85. The molecule has 1 aromatic rings. The third kappa shape index (κ3) is 4.56. The van der Waals surface area contributed by atoms with Crippen LogP contribution in [0.4, 0.5) is 0 Å². The summed E-state index contributed by atoms with van der Waals surface area (Å²) in [6.45, 7) is 0. The molecule has 14 heavy (non-hydrogen) atoms. The van der Waals surface area contributed by atoms with Gasteiger partial charge in [0.05, 0.1) is 6.10 Å². The molecule has 0 heterocycles. The van der Waals surface area contributed by atoms with E-state index in [-0.39, 0.29) is 0 Å². The third-order valence-electron chi connectivity index (χ3n) is 1.67. The number of hydrogen-bond donors (Lipinski definition) is 1. The SMILES string of the molecule is OC(CCl)CSCc1ccc(Cl)cc1. The van der Waals surface area contributed by atoms with Gasteiger partial charge in [-0.15, -0.1) is 11.6 Å². The van der Waals surface area contributed by atoms with Gasteiger partial charge in [-0.3, -0.25) is 0 Å². The Kier molecular flexibility index (Phi) is 5.71. The summed E-state index contributed by atoms with van der Waals surface area (Å²) in [5.41, 5.74) is 1.21. The molecule has 1 N–H and O–H groups in total. The Morgan fingerprint density at radius 3 is 2.50 bits per heavy atom. The second-order valence-corrected chi connectivity index (χ2v) is 4.73. The zero-order chi connectivity index (χ0) is 10.4. The highest BCUT2D eigenvalue weighted by atomic mass is 35.5. The Labute approximate surface area is 98.4 Å². The molecule has 0 amide bonds. The van der Waals surface area contributed by atoms with Crippen LogP contribution in [0.15, 0.2) is 24.3 Å². The molecule has 0 bridgehead atoms. The summed E-state index contributed by atoms with van der Waals surface area (Å²) in [5, 5.41) is 9.96. The molecule has 0 saturated heterocycles. The zero-order valence-corrected chi connectivity index (χ0v) is 9.95. The fraction of sp³-hybridized carbons (Fsp3) is 0.400. The fourth-order valence-corrected chi connectivity index (χ4v) is 2.24. The minimum atomic E-state index is -0.408. The van der Waals surface area contributed by atoms with Crippen molar-refractivity contribution in [1.82, 2.24) is 0 Å². The van der Waals surface area contributed by atoms with Gasteiger partial charge in [0.2, 0.25) is 0 Å². The molecule has 0 aliphatic rings. The van der Waals surface area contributed by atoms with Gasteiger partial charge < -0.3 is 5.11 Å². The highest BCUT2D eigenvalue weighted by Gasteiger charge is 2.01. The molecule has 1 unspecified atom stereocenters. The summed E-state index contributed by atoms with van der Waals surface area (Å²) < 4.78 is 0. The molecule has 78 valence electrons. The van der Waals surface area contributed by atoms with Crippen molar-refractivity contribution in [3.05, 3.63) is 34.9 Å². The maximum atomic E-state index is 9.21. The summed E-state index contributed by atoms with van der Waals surface area (Å²) in [7, 11) is 0. The largest absolute Gasteiger partial charge is 0.391 e. The minimum Gasteiger partial charge on any atom is -0.391 e. The normalized spacial score (nSPS) is 12.8. The van der Waals surface area contributed by atoms with Crippen LogP contribution in [0.5, 0.6) is 0 Å². The topological polar surface area (TPSA) is 20.2 Å². The van der Waals surface area contributed by atoms with Crippen molar-refractivity contribution < 1.29 is 5.11 Å². The second kappa shape index (κ2) is 6.57. The Morgan fingerprint density at radius 1 is 1.29 bits per heavy atom. The van der Waals surface area contributed by atoms with Crippen LogP contribution >= 0.6 is 35.0 Å². The predicted molar refractivity (Wildman–Crippen MR) is 64.3 cm³/mol. The van der Waals surface area contributed by atoms with Crippen LogP contribution in [0, 0.1) is 0 Å². The van der Waals surface area contributed by atoms with E-state index in [1.54, 1.807) is 11.8 Å². The van der Waals surface area contributed by atoms with Gasteiger partial charge in [-0.1, -0.05) is 23.7 Å². The summed E-state index contributed by atoms with van der Waals surface area (Å²) in [6, 6.07) is 7.72. The van der Waals surface area contributed by atoms with E-state index in [2.05, 4.69) is 0 Å². The number of halogens is 2. The number of aliphatic hydroxyl groups is 1. The molecular weight excluding hydrogens is 239 g/mol. The summed E-state index contributed by atoms with van der Waals surface area (Å²) in [4.78, 5) is 0. The molecule has 0 aliphatic heterocycles. The lowest BCUT2D eigenvalue weighted by Crippen LogP contribution is -2.11. The maximum absolute atomic E-state index is 9.21. The zero-order valence-electron chi connectivity index (χ0n) is 7.62. The Morgan fingerprint density at radius 2 is 1.93 bits per heavy atom. The molecule has 0 aromatic heterocycles. The Balaban J connectivity index is 2.28. The summed E-state index contributed by atoms with van der Waals surface area (Å²) >= 11 is 12.9. The van der Waals surface area contributed by atoms with Crippen molar-refractivity contribution in [3.63, 3.8) is 0 Å². The van der Waals surface area contributed by atoms with Crippen LogP contribution in [0.3, 0.4) is 0 Å². The third-order valence-corrected chi connectivity index (χ3v) is 3.44. The van der Waals surface area contributed by atoms with Crippen LogP contribution in [-0.4, -0.2) is 22.8 Å². The molecule has 4 heteroatoms. The highest BCUT2D eigenvalue weighted by Crippen LogP contribution is 2.16. The Hall–Kier alpha value is 0.110. The van der Waals surface area contributed by atoms with E-state index in [1.807, 2.05) is 24.3 Å². The lowest BCUT2D eigenvalue weighted by atomic mass is 10.2. The maximum Gasteiger partial charge on any atom is 0.0765 e. The van der Waals surface area contributed by atoms with Crippen molar-refractivity contribution in [1.29, 1.82) is 0 Å². The van der Waals surface area contributed by atoms with Crippen LogP contribution < -0.4 is 0 Å². The molecule has 1 rings (SSSR count). The highest BCUT2D eigenvalue weighted by molar-refractivity contribution is 7.98. The van der Waals surface area contributed by atoms with Gasteiger partial charge in [0, 0.05) is 22.4 Å². The number of thioether (sulfide) groups is 1. The quantitative estimate of drug-likeness (QED) is 0.811. The summed E-state index contributed by atoms with van der Waals surface area (Å²) in [6.07, 6.45) is -0.408. The van der Waals surface area contributed by atoms with E-state index in [0.717, 1.165) is 10.8 Å². The van der Waals surface area contributed by atoms with Gasteiger partial charge >= 0.3 is 0 Å². The average Bonchev–Trinajstić information content (AvgIpc) is 2.21. The molecule has 1 nitrogen and oxygen atoms in total. The average molecular weight is 251 g/mol. The number of benzene rings is 1. The monoisotopic (exact) mass is 250 g/mol. The van der Waals surface area contributed by atoms with Crippen LogP contribution in [-0.2, 0) is 5.75 Å². The first-order valence-electron chi connectivity index (χ1n) is 4.28. The van der Waals surface area contributed by atoms with E-state index in [4.69, 9.17) is 23.2 Å². The van der Waals surface area contributed by atoms with Crippen molar-refractivity contribution in [3.8, 4) is 0 Å². The molecule has 0 fully saturated rings. The number of rotatable bonds is 5. The van der Waals surface area contributed by atoms with E-state index in [9.17, 15) is 5.11 Å². The van der Waals surface area contributed by atoms with Gasteiger partial charge in [0.15, 0.2) is 0 Å². The molecule has 0 radical (unpaired) electrons. The Bertz CT molecular complexity index is 263. The molecule has 1 aromatic carbocycles. The number of aliphatic hydroxyl groups excluding tert-OH is 1. The van der Waals surface area contributed by atoms with Gasteiger partial charge in [0.25, 0.3) is 0 Å². The molecular formula is C10H12Cl2OS. The van der Waals surface area contributed by atoms with Gasteiger partial charge in [-0.25, -0.2) is 0 Å². The van der Waals surface area contributed by atoms with Crippen molar-refractivity contribution in [2.24, 2.45) is 0 Å². The van der Waals surface area contributed by atoms with Crippen LogP contribution in [0.25, 0.3) is 0 Å². The van der Waals surface area contributed by atoms with Gasteiger partial charge in [-0.05, 0) is 17.7 Å². The van der Waals surface area contributed by atoms with Crippen molar-refractivity contribution in [2.75, 3.05) is 11.6 Å². The van der Waals surface area contributed by atoms with Gasteiger partial charge in [-0.2, -0.15) is 11.8 Å². The molecule has 1 atom stereocenters. The van der Waals surface area contributed by atoms with Crippen LogP contribution in [0.1, 0.15) is 5.56 Å². The minimum absolute atomic E-state index is 0.299. The lowest BCUT2D eigenvalue weighted by Gasteiger charge is -2.05. The van der Waals surface area contributed by atoms with Crippen LogP contribution in [0.2, 0.25) is 5.02 Å². The first-order chi connectivity index (χ1) is 6.72. The van der Waals surface area contributed by atoms with E-state index >= 15 is 0 Å². The molecule has 0 saturated carbocycles. The second-order valence-electron chi connectivity index (χ2n) is 2.95. The fourth-order valence-electron chi connectivity index (χ4n) is 0.938. The van der Waals surface area contributed by atoms with Crippen molar-refractivity contribution in [2.45, 2.75) is 11.9 Å². The molecule has 0 spiro atoms. The van der Waals surface area contributed by atoms with E-state index < -0.39 is 6.10 Å². The standard InChI is InChI=1S/C10H12Cl2OS/c11-5-10(13)7-14-6-8-1-3-9(12)4-2-8/h1-4,10,13H,5-7H2. The van der Waals surface area contributed by atoms with Crippen molar-refractivity contribution >= 4 is 35.0 Å². The smallest absolute Gasteiger partial charge is 0.0765 e.